The number of hydrogen-bond acceptors (Lipinski definition) is 3. The molecule has 1 unspecified atom stereocenters. The first-order chi connectivity index (χ1) is 9.08. The van der Waals surface area contributed by atoms with Gasteiger partial charge < -0.3 is 15.1 Å². The monoisotopic (exact) mass is 269 g/mol. The minimum Gasteiger partial charge on any atom is -0.342 e. The lowest BCUT2D eigenvalue weighted by Crippen LogP contribution is -2.40. The van der Waals surface area contributed by atoms with Crippen LogP contribution in [0.4, 0.5) is 0 Å². The van der Waals surface area contributed by atoms with Gasteiger partial charge in [0, 0.05) is 19.1 Å². The van der Waals surface area contributed by atoms with Gasteiger partial charge in [0.1, 0.15) is 0 Å². The highest BCUT2D eigenvalue weighted by molar-refractivity contribution is 5.78. The van der Waals surface area contributed by atoms with Crippen LogP contribution in [0.3, 0.4) is 0 Å². The molecule has 0 spiro atoms. The molecule has 1 aliphatic rings. The molecule has 0 aromatic heterocycles. The van der Waals surface area contributed by atoms with Crippen LogP contribution < -0.4 is 5.32 Å². The normalized spacial score (nSPS) is 16.7. The molecular weight excluding hydrogens is 238 g/mol. The molecule has 0 aromatic rings. The van der Waals surface area contributed by atoms with Crippen LogP contribution in [0.25, 0.3) is 0 Å². The van der Waals surface area contributed by atoms with Crippen molar-refractivity contribution in [2.24, 2.45) is 0 Å². The van der Waals surface area contributed by atoms with E-state index in [1.54, 1.807) is 0 Å². The van der Waals surface area contributed by atoms with Gasteiger partial charge in [-0.3, -0.25) is 4.79 Å². The van der Waals surface area contributed by atoms with E-state index in [1.807, 2.05) is 11.9 Å². The fourth-order valence-corrected chi connectivity index (χ4v) is 2.31. The minimum atomic E-state index is 0.234. The molecule has 0 radical (unpaired) electrons. The number of nitrogens with zero attached hydrogens (tertiary/aromatic N) is 2. The number of carbonyl (C=O) groups excluding carboxylic acids is 1. The lowest BCUT2D eigenvalue weighted by molar-refractivity contribution is -0.129. The first kappa shape index (κ1) is 16.4. The largest absolute Gasteiger partial charge is 0.342 e. The standard InChI is InChI=1S/C15H31N3O/c1-5-18(6-2)11-7-8-13(3)16-12-15(19)17(4)14-9-10-14/h13-14,16H,5-12H2,1-4H3. The van der Waals surface area contributed by atoms with Crippen LogP contribution in [0.5, 0.6) is 0 Å². The van der Waals surface area contributed by atoms with Crippen molar-refractivity contribution in [2.45, 2.75) is 58.5 Å². The third-order valence-electron chi connectivity index (χ3n) is 4.10. The van der Waals surface area contributed by atoms with E-state index in [0.717, 1.165) is 26.1 Å². The molecule has 0 aromatic carbocycles. The molecule has 0 saturated heterocycles. The maximum Gasteiger partial charge on any atom is 0.236 e. The van der Waals surface area contributed by atoms with Crippen LogP contribution in [-0.4, -0.2) is 61.0 Å². The van der Waals surface area contributed by atoms with Crippen molar-refractivity contribution in [1.82, 2.24) is 15.1 Å². The van der Waals surface area contributed by atoms with E-state index in [1.165, 1.54) is 19.3 Å². The summed E-state index contributed by atoms with van der Waals surface area (Å²) in [6.07, 6.45) is 4.70. The van der Waals surface area contributed by atoms with Crippen molar-refractivity contribution >= 4 is 5.91 Å². The quantitative estimate of drug-likeness (QED) is 0.656. The molecule has 1 amide bonds. The molecule has 1 rings (SSSR count). The number of amides is 1. The average Bonchev–Trinajstić information content (AvgIpc) is 3.24. The summed E-state index contributed by atoms with van der Waals surface area (Å²) in [4.78, 5) is 16.2. The van der Waals surface area contributed by atoms with Crippen LogP contribution in [0.15, 0.2) is 0 Å². The van der Waals surface area contributed by atoms with Crippen molar-refractivity contribution in [2.75, 3.05) is 33.2 Å². The summed E-state index contributed by atoms with van der Waals surface area (Å²) in [5, 5.41) is 3.35. The lowest BCUT2D eigenvalue weighted by Gasteiger charge is -2.21. The van der Waals surface area contributed by atoms with Gasteiger partial charge in [0.25, 0.3) is 0 Å². The molecule has 4 nitrogen and oxygen atoms in total. The van der Waals surface area contributed by atoms with Gasteiger partial charge in [0.05, 0.1) is 6.54 Å². The number of carbonyl (C=O) groups is 1. The Hall–Kier alpha value is -0.610. The molecule has 112 valence electrons. The fourth-order valence-electron chi connectivity index (χ4n) is 2.31. The molecule has 1 aliphatic carbocycles. The summed E-state index contributed by atoms with van der Waals surface area (Å²) in [5.74, 6) is 0.234. The van der Waals surface area contributed by atoms with E-state index in [-0.39, 0.29) is 5.91 Å². The molecule has 1 N–H and O–H groups in total. The summed E-state index contributed by atoms with van der Waals surface area (Å²) >= 11 is 0. The molecule has 1 atom stereocenters. The first-order valence-corrected chi connectivity index (χ1v) is 7.79. The Kier molecular flexibility index (Phi) is 7.39. The summed E-state index contributed by atoms with van der Waals surface area (Å²) in [6.45, 7) is 10.5. The second kappa shape index (κ2) is 8.54. The van der Waals surface area contributed by atoms with E-state index in [9.17, 15) is 4.79 Å². The van der Waals surface area contributed by atoms with Gasteiger partial charge >= 0.3 is 0 Å². The first-order valence-electron chi connectivity index (χ1n) is 7.79. The third kappa shape index (κ3) is 6.39. The minimum absolute atomic E-state index is 0.234. The maximum atomic E-state index is 11.9. The lowest BCUT2D eigenvalue weighted by atomic mass is 10.1. The van der Waals surface area contributed by atoms with E-state index in [0.29, 0.717) is 18.6 Å². The molecule has 1 fully saturated rings. The highest BCUT2D eigenvalue weighted by atomic mass is 16.2. The molecular formula is C15H31N3O. The molecule has 1 saturated carbocycles. The van der Waals surface area contributed by atoms with Gasteiger partial charge in [0.2, 0.25) is 5.91 Å². The number of nitrogens with one attached hydrogen (secondary N) is 1. The summed E-state index contributed by atoms with van der Waals surface area (Å²) in [6, 6.07) is 0.944. The number of rotatable bonds is 10. The molecule has 0 aliphatic heterocycles. The Bertz CT molecular complexity index is 262. The molecule has 4 heteroatoms. The topological polar surface area (TPSA) is 35.6 Å². The van der Waals surface area contributed by atoms with Crippen molar-refractivity contribution in [3.05, 3.63) is 0 Å². The van der Waals surface area contributed by atoms with Gasteiger partial charge in [-0.1, -0.05) is 13.8 Å². The predicted octanol–water partition coefficient (Wildman–Crippen LogP) is 1.71. The fraction of sp³-hybridized carbons (Fsp3) is 0.933. The molecule has 19 heavy (non-hydrogen) atoms. The van der Waals surface area contributed by atoms with E-state index in [2.05, 4.69) is 31.0 Å². The zero-order chi connectivity index (χ0) is 14.3. The van der Waals surface area contributed by atoms with E-state index < -0.39 is 0 Å². The Balaban J connectivity index is 2.06. The predicted molar refractivity (Wildman–Crippen MR) is 80.3 cm³/mol. The Labute approximate surface area is 118 Å². The smallest absolute Gasteiger partial charge is 0.236 e. The Morgan fingerprint density at radius 3 is 2.47 bits per heavy atom. The Morgan fingerprint density at radius 1 is 1.32 bits per heavy atom. The van der Waals surface area contributed by atoms with E-state index >= 15 is 0 Å². The Morgan fingerprint density at radius 2 is 1.95 bits per heavy atom. The number of hydrogen-bond donors (Lipinski definition) is 1. The zero-order valence-corrected chi connectivity index (χ0v) is 13.1. The highest BCUT2D eigenvalue weighted by Crippen LogP contribution is 2.25. The van der Waals surface area contributed by atoms with Crippen molar-refractivity contribution in [3.8, 4) is 0 Å². The van der Waals surface area contributed by atoms with Crippen LogP contribution in [0.1, 0.15) is 46.5 Å². The van der Waals surface area contributed by atoms with Crippen LogP contribution >= 0.6 is 0 Å². The average molecular weight is 269 g/mol. The van der Waals surface area contributed by atoms with Crippen molar-refractivity contribution in [3.63, 3.8) is 0 Å². The van der Waals surface area contributed by atoms with Crippen LogP contribution in [0, 0.1) is 0 Å². The summed E-state index contributed by atoms with van der Waals surface area (Å²) in [5.41, 5.74) is 0. The molecule has 0 bridgehead atoms. The van der Waals surface area contributed by atoms with E-state index in [4.69, 9.17) is 0 Å². The van der Waals surface area contributed by atoms with Crippen molar-refractivity contribution < 1.29 is 4.79 Å². The second-order valence-corrected chi connectivity index (χ2v) is 5.69. The summed E-state index contributed by atoms with van der Waals surface area (Å²) < 4.78 is 0. The molecule has 0 heterocycles. The van der Waals surface area contributed by atoms with Gasteiger partial charge in [-0.2, -0.15) is 0 Å². The van der Waals surface area contributed by atoms with Crippen LogP contribution in [-0.2, 0) is 4.79 Å². The maximum absolute atomic E-state index is 11.9. The van der Waals surface area contributed by atoms with Crippen molar-refractivity contribution in [1.29, 1.82) is 0 Å². The van der Waals surface area contributed by atoms with Gasteiger partial charge in [-0.05, 0) is 52.2 Å². The SMILES string of the molecule is CCN(CC)CCCC(C)NCC(=O)N(C)C1CC1. The van der Waals surface area contributed by atoms with Gasteiger partial charge in [-0.15, -0.1) is 0 Å². The van der Waals surface area contributed by atoms with Gasteiger partial charge in [-0.25, -0.2) is 0 Å². The third-order valence-corrected chi connectivity index (χ3v) is 4.10. The zero-order valence-electron chi connectivity index (χ0n) is 13.1. The summed E-state index contributed by atoms with van der Waals surface area (Å²) in [7, 11) is 1.92. The highest BCUT2D eigenvalue weighted by Gasteiger charge is 2.29. The number of likely N-dealkylation sites (N-methyl/N-ethyl adjacent to an activating group) is 1. The second-order valence-electron chi connectivity index (χ2n) is 5.69. The van der Waals surface area contributed by atoms with Gasteiger partial charge in [0.15, 0.2) is 0 Å². The van der Waals surface area contributed by atoms with Crippen LogP contribution in [0.2, 0.25) is 0 Å².